The molecule has 2 aromatic rings. The first-order valence-electron chi connectivity index (χ1n) is 6.93. The maximum atomic E-state index is 13.4. The maximum Gasteiger partial charge on any atom is 0.200 e. The molecule has 1 unspecified atom stereocenters. The molecule has 0 amide bonds. The molecule has 0 N–H and O–H groups in total. The summed E-state index contributed by atoms with van der Waals surface area (Å²) in [4.78, 5) is 0. The first kappa shape index (κ1) is 23.2. The van der Waals surface area contributed by atoms with Gasteiger partial charge in [-0.05, 0) is 5.16 Å². The van der Waals surface area contributed by atoms with E-state index in [9.17, 15) is 43.9 Å². The van der Waals surface area contributed by atoms with E-state index < -0.39 is 69.3 Å². The third kappa shape index (κ3) is 4.72. The van der Waals surface area contributed by atoms with E-state index in [1.165, 1.54) is 0 Å². The fourth-order valence-corrected chi connectivity index (χ4v) is 1.65. The van der Waals surface area contributed by atoms with Gasteiger partial charge in [-0.3, -0.25) is 0 Å². The van der Waals surface area contributed by atoms with Gasteiger partial charge in [-0.1, -0.05) is 20.8 Å². The normalized spacial score (nSPS) is 11.3. The molecule has 27 heavy (non-hydrogen) atoms. The van der Waals surface area contributed by atoms with Gasteiger partial charge in [0.05, 0.1) is 11.1 Å². The highest BCUT2D eigenvalue weighted by Crippen LogP contribution is 2.37. The lowest BCUT2D eigenvalue weighted by Gasteiger charge is -2.11. The Balaban J connectivity index is 0.000000646. The summed E-state index contributed by atoms with van der Waals surface area (Å²) in [6.45, 7) is 6.45. The maximum absolute atomic E-state index is 13.4. The molecule has 0 aliphatic heterocycles. The van der Waals surface area contributed by atoms with E-state index in [-0.39, 0.29) is 0 Å². The SMILES string of the molecule is CC(C)(C)P.Fc1c(F)c(F)c(-c2c(F)c(F)c(F)c(F)c2F)c(F)c1F. The van der Waals surface area contributed by atoms with Crippen LogP contribution in [0.1, 0.15) is 20.8 Å². The van der Waals surface area contributed by atoms with Crippen molar-refractivity contribution in [2.45, 2.75) is 25.9 Å². The van der Waals surface area contributed by atoms with Crippen LogP contribution in [-0.2, 0) is 0 Å². The van der Waals surface area contributed by atoms with Crippen molar-refractivity contribution in [1.82, 2.24) is 0 Å². The van der Waals surface area contributed by atoms with Crippen molar-refractivity contribution in [3.8, 4) is 11.1 Å². The van der Waals surface area contributed by atoms with E-state index in [1.54, 1.807) is 0 Å². The van der Waals surface area contributed by atoms with E-state index in [4.69, 9.17) is 0 Å². The fraction of sp³-hybridized carbons (Fsp3) is 0.250. The Labute approximate surface area is 149 Å². The van der Waals surface area contributed by atoms with Crippen molar-refractivity contribution >= 4 is 9.24 Å². The molecular weight excluding hydrogens is 413 g/mol. The van der Waals surface area contributed by atoms with Crippen molar-refractivity contribution in [2.75, 3.05) is 0 Å². The third-order valence-electron chi connectivity index (χ3n) is 2.67. The van der Waals surface area contributed by atoms with Gasteiger partial charge in [-0.15, -0.1) is 9.24 Å². The minimum atomic E-state index is -2.68. The highest BCUT2D eigenvalue weighted by Gasteiger charge is 2.34. The third-order valence-corrected chi connectivity index (χ3v) is 2.67. The summed E-state index contributed by atoms with van der Waals surface area (Å²) in [5.41, 5.74) is -4.52. The van der Waals surface area contributed by atoms with Crippen molar-refractivity contribution in [3.05, 3.63) is 58.2 Å². The van der Waals surface area contributed by atoms with Crippen LogP contribution in [0.4, 0.5) is 43.9 Å². The van der Waals surface area contributed by atoms with Gasteiger partial charge in [0.15, 0.2) is 46.5 Å². The minimum absolute atomic E-state index is 0.417. The molecular formula is C16H11F10P. The van der Waals surface area contributed by atoms with Gasteiger partial charge in [0.2, 0.25) is 11.6 Å². The Bertz CT molecular complexity index is 755. The largest absolute Gasteiger partial charge is 0.203 e. The Kier molecular flexibility index (Phi) is 6.91. The molecule has 0 nitrogen and oxygen atoms in total. The van der Waals surface area contributed by atoms with Crippen molar-refractivity contribution in [3.63, 3.8) is 0 Å². The second kappa shape index (κ2) is 8.04. The van der Waals surface area contributed by atoms with Crippen LogP contribution in [0, 0.1) is 58.2 Å². The molecule has 11 heteroatoms. The number of hydrogen-bond donors (Lipinski definition) is 0. The smallest absolute Gasteiger partial charge is 0.200 e. The van der Waals surface area contributed by atoms with Crippen LogP contribution in [0.3, 0.4) is 0 Å². The summed E-state index contributed by atoms with van der Waals surface area (Å²) in [7, 11) is 2.72. The van der Waals surface area contributed by atoms with Crippen LogP contribution >= 0.6 is 9.24 Å². The number of halogens is 10. The lowest BCUT2D eigenvalue weighted by atomic mass is 10.0. The molecule has 150 valence electrons. The highest BCUT2D eigenvalue weighted by molar-refractivity contribution is 7.18. The van der Waals surface area contributed by atoms with E-state index >= 15 is 0 Å². The average molecular weight is 424 g/mol. The van der Waals surface area contributed by atoms with Crippen LogP contribution in [0.2, 0.25) is 0 Å². The minimum Gasteiger partial charge on any atom is -0.203 e. The van der Waals surface area contributed by atoms with E-state index in [1.807, 2.05) is 0 Å². The molecule has 0 aliphatic carbocycles. The quantitative estimate of drug-likeness (QED) is 0.215. The van der Waals surface area contributed by atoms with E-state index in [2.05, 4.69) is 30.0 Å². The molecule has 0 bridgehead atoms. The van der Waals surface area contributed by atoms with E-state index in [0.29, 0.717) is 5.16 Å². The summed E-state index contributed by atoms with van der Waals surface area (Å²) < 4.78 is 131. The van der Waals surface area contributed by atoms with Gasteiger partial charge in [0.1, 0.15) is 0 Å². The molecule has 0 heterocycles. The van der Waals surface area contributed by atoms with Gasteiger partial charge < -0.3 is 0 Å². The summed E-state index contributed by atoms with van der Waals surface area (Å²) >= 11 is 0. The fourth-order valence-electron chi connectivity index (χ4n) is 1.65. The van der Waals surface area contributed by atoms with Gasteiger partial charge in [-0.25, -0.2) is 43.9 Å². The first-order valence-corrected chi connectivity index (χ1v) is 7.51. The van der Waals surface area contributed by atoms with Crippen LogP contribution in [0.15, 0.2) is 0 Å². The van der Waals surface area contributed by atoms with Crippen LogP contribution in [0.25, 0.3) is 11.1 Å². The van der Waals surface area contributed by atoms with E-state index in [0.717, 1.165) is 0 Å². The Hall–Kier alpha value is -1.83. The van der Waals surface area contributed by atoms with Gasteiger partial charge >= 0.3 is 0 Å². The lowest BCUT2D eigenvalue weighted by Crippen LogP contribution is -2.10. The Morgan fingerprint density at radius 1 is 0.407 bits per heavy atom. The molecule has 0 saturated carbocycles. The molecule has 1 atom stereocenters. The molecule has 2 aromatic carbocycles. The lowest BCUT2D eigenvalue weighted by molar-refractivity contribution is 0.370. The molecule has 0 aliphatic rings. The number of hydrogen-bond acceptors (Lipinski definition) is 0. The monoisotopic (exact) mass is 424 g/mol. The predicted molar refractivity (Wildman–Crippen MR) is 80.9 cm³/mol. The second-order valence-electron chi connectivity index (χ2n) is 6.26. The molecule has 0 spiro atoms. The molecule has 0 saturated heterocycles. The number of benzene rings is 2. The standard InChI is InChI=1S/C12F10.C4H11P/c13-3-1(4(14)8(18)11(21)7(3)17)2-5(15)9(19)12(22)10(20)6(2)16;1-4(2,3)5/h;5H2,1-3H3. The Morgan fingerprint density at radius 2 is 0.519 bits per heavy atom. The van der Waals surface area contributed by atoms with Crippen LogP contribution in [-0.4, -0.2) is 5.16 Å². The first-order chi connectivity index (χ1) is 12.1. The molecule has 2 rings (SSSR count). The predicted octanol–water partition coefficient (Wildman–Crippen LogP) is 6.40. The zero-order chi connectivity index (χ0) is 21.4. The highest BCUT2D eigenvalue weighted by atomic mass is 31.0. The van der Waals surface area contributed by atoms with Crippen molar-refractivity contribution < 1.29 is 43.9 Å². The van der Waals surface area contributed by atoms with Gasteiger partial charge in [0, 0.05) is 0 Å². The summed E-state index contributed by atoms with van der Waals surface area (Å²) in [6.07, 6.45) is 0. The zero-order valence-corrected chi connectivity index (χ0v) is 15.0. The average Bonchev–Trinajstić information content (AvgIpc) is 2.56. The second-order valence-corrected chi connectivity index (χ2v) is 7.99. The molecule has 0 aromatic heterocycles. The van der Waals surface area contributed by atoms with Crippen LogP contribution < -0.4 is 0 Å². The molecule has 0 fully saturated rings. The summed E-state index contributed by atoms with van der Waals surface area (Å²) in [5.74, 6) is -26.6. The van der Waals surface area contributed by atoms with Gasteiger partial charge in [0.25, 0.3) is 0 Å². The zero-order valence-electron chi connectivity index (χ0n) is 13.9. The van der Waals surface area contributed by atoms with Gasteiger partial charge in [-0.2, -0.15) is 0 Å². The summed E-state index contributed by atoms with van der Waals surface area (Å²) in [6, 6.07) is 0. The summed E-state index contributed by atoms with van der Waals surface area (Å²) in [5, 5.41) is 0.417. The topological polar surface area (TPSA) is 0 Å². The van der Waals surface area contributed by atoms with Crippen LogP contribution in [0.5, 0.6) is 0 Å². The molecule has 0 radical (unpaired) electrons. The Morgan fingerprint density at radius 3 is 0.667 bits per heavy atom. The number of rotatable bonds is 1. The van der Waals surface area contributed by atoms with Crippen molar-refractivity contribution in [1.29, 1.82) is 0 Å². The van der Waals surface area contributed by atoms with Crippen molar-refractivity contribution in [2.24, 2.45) is 0 Å².